The van der Waals surface area contributed by atoms with Gasteiger partial charge in [0, 0.05) is 29.4 Å². The summed E-state index contributed by atoms with van der Waals surface area (Å²) in [7, 11) is 0. The zero-order chi connectivity index (χ0) is 23.9. The Kier molecular flexibility index (Phi) is 8.00. The first-order chi connectivity index (χ1) is 16.5. The van der Waals surface area contributed by atoms with Gasteiger partial charge in [-0.25, -0.2) is 9.97 Å². The third kappa shape index (κ3) is 6.26. The van der Waals surface area contributed by atoms with Crippen LogP contribution in [-0.4, -0.2) is 28.3 Å². The number of hydrogen-bond acceptors (Lipinski definition) is 5. The van der Waals surface area contributed by atoms with E-state index in [0.29, 0.717) is 21.6 Å². The third-order valence-electron chi connectivity index (χ3n) is 4.92. The lowest BCUT2D eigenvalue weighted by molar-refractivity contribution is -0.116. The van der Waals surface area contributed by atoms with Gasteiger partial charge in [0.25, 0.3) is 5.91 Å². The van der Waals surface area contributed by atoms with E-state index in [1.807, 2.05) is 66.7 Å². The van der Waals surface area contributed by atoms with Crippen LogP contribution in [0, 0.1) is 0 Å². The SMILES string of the molecule is O=C(CCNC(=O)c1nc(SCc2ccccc2Cl)ncc1Cl)Nc1ccc2ccccc2c1. The monoisotopic (exact) mass is 510 g/mol. The van der Waals surface area contributed by atoms with Gasteiger partial charge >= 0.3 is 0 Å². The number of amides is 2. The summed E-state index contributed by atoms with van der Waals surface area (Å²) in [4.78, 5) is 33.3. The number of aromatic nitrogens is 2. The van der Waals surface area contributed by atoms with E-state index in [0.717, 1.165) is 16.3 Å². The predicted molar refractivity (Wildman–Crippen MR) is 138 cm³/mol. The first kappa shape index (κ1) is 24.0. The smallest absolute Gasteiger partial charge is 0.271 e. The molecule has 1 aromatic heterocycles. The lowest BCUT2D eigenvalue weighted by Gasteiger charge is -2.09. The summed E-state index contributed by atoms with van der Waals surface area (Å²) >= 11 is 13.7. The molecule has 9 heteroatoms. The Hall–Kier alpha value is -3.13. The highest BCUT2D eigenvalue weighted by Gasteiger charge is 2.15. The van der Waals surface area contributed by atoms with Gasteiger partial charge in [-0.15, -0.1) is 0 Å². The largest absolute Gasteiger partial charge is 0.350 e. The topological polar surface area (TPSA) is 84.0 Å². The van der Waals surface area contributed by atoms with Gasteiger partial charge in [0.05, 0.1) is 11.2 Å². The van der Waals surface area contributed by atoms with Crippen LogP contribution in [0.5, 0.6) is 0 Å². The highest BCUT2D eigenvalue weighted by Crippen LogP contribution is 2.25. The van der Waals surface area contributed by atoms with E-state index in [-0.39, 0.29) is 29.6 Å². The molecule has 0 spiro atoms. The number of rotatable bonds is 8. The number of nitrogens with one attached hydrogen (secondary N) is 2. The molecule has 4 aromatic rings. The second-order valence-corrected chi connectivity index (χ2v) is 9.10. The molecule has 0 saturated carbocycles. The van der Waals surface area contributed by atoms with Crippen molar-refractivity contribution in [3.63, 3.8) is 0 Å². The Morgan fingerprint density at radius 1 is 0.912 bits per heavy atom. The van der Waals surface area contributed by atoms with E-state index in [2.05, 4.69) is 20.6 Å². The molecule has 4 rings (SSSR count). The highest BCUT2D eigenvalue weighted by molar-refractivity contribution is 7.98. The summed E-state index contributed by atoms with van der Waals surface area (Å²) in [6.07, 6.45) is 1.50. The van der Waals surface area contributed by atoms with Crippen molar-refractivity contribution in [2.24, 2.45) is 0 Å². The summed E-state index contributed by atoms with van der Waals surface area (Å²) in [6.45, 7) is 0.140. The normalized spacial score (nSPS) is 10.8. The van der Waals surface area contributed by atoms with E-state index in [1.54, 1.807) is 0 Å². The van der Waals surface area contributed by atoms with Crippen molar-refractivity contribution in [1.29, 1.82) is 0 Å². The summed E-state index contributed by atoms with van der Waals surface area (Å²) in [5, 5.41) is 8.88. The molecule has 0 unspecified atom stereocenters. The zero-order valence-corrected chi connectivity index (χ0v) is 20.3. The van der Waals surface area contributed by atoms with Gasteiger partial charge < -0.3 is 10.6 Å². The fourth-order valence-corrected chi connectivity index (χ4v) is 4.48. The Balaban J connectivity index is 1.30. The summed E-state index contributed by atoms with van der Waals surface area (Å²) in [5.41, 5.74) is 1.71. The van der Waals surface area contributed by atoms with Crippen molar-refractivity contribution in [3.8, 4) is 0 Å². The minimum absolute atomic E-state index is 0.0632. The average Bonchev–Trinajstić information content (AvgIpc) is 2.84. The Bertz CT molecular complexity index is 1350. The van der Waals surface area contributed by atoms with Crippen LogP contribution in [0.1, 0.15) is 22.5 Å². The van der Waals surface area contributed by atoms with Gasteiger partial charge in [-0.3, -0.25) is 9.59 Å². The van der Waals surface area contributed by atoms with Gasteiger partial charge in [0.1, 0.15) is 0 Å². The molecule has 172 valence electrons. The fourth-order valence-electron chi connectivity index (χ4n) is 3.20. The standard InChI is InChI=1S/C25H20Cl2N4O2S/c26-20-8-4-3-7-18(20)15-34-25-29-14-21(27)23(31-25)24(33)28-12-11-22(32)30-19-10-9-16-5-1-2-6-17(16)13-19/h1-10,13-14H,11-12,15H2,(H,28,33)(H,30,32). The average molecular weight is 511 g/mol. The summed E-state index contributed by atoms with van der Waals surface area (Å²) < 4.78 is 0. The lowest BCUT2D eigenvalue weighted by Crippen LogP contribution is -2.28. The second kappa shape index (κ2) is 11.3. The summed E-state index contributed by atoms with van der Waals surface area (Å²) in [5.74, 6) is -0.122. The molecule has 0 radical (unpaired) electrons. The molecule has 2 amide bonds. The molecular weight excluding hydrogens is 491 g/mol. The van der Waals surface area contributed by atoms with Crippen LogP contribution < -0.4 is 10.6 Å². The van der Waals surface area contributed by atoms with Crippen molar-refractivity contribution in [1.82, 2.24) is 15.3 Å². The number of fused-ring (bicyclic) bond motifs is 1. The molecule has 0 aliphatic rings. The van der Waals surface area contributed by atoms with Crippen molar-refractivity contribution in [2.75, 3.05) is 11.9 Å². The minimum Gasteiger partial charge on any atom is -0.350 e. The number of anilines is 1. The van der Waals surface area contributed by atoms with Gasteiger partial charge in [-0.05, 0) is 34.5 Å². The van der Waals surface area contributed by atoms with Crippen LogP contribution in [0.3, 0.4) is 0 Å². The third-order valence-corrected chi connectivity index (χ3v) is 6.48. The maximum absolute atomic E-state index is 12.6. The van der Waals surface area contributed by atoms with Crippen LogP contribution in [0.15, 0.2) is 78.1 Å². The van der Waals surface area contributed by atoms with Crippen molar-refractivity contribution >= 4 is 63.2 Å². The number of thioether (sulfide) groups is 1. The number of carbonyl (C=O) groups excluding carboxylic acids is 2. The van der Waals surface area contributed by atoms with Crippen molar-refractivity contribution in [3.05, 3.63) is 94.2 Å². The molecule has 1 heterocycles. The molecule has 0 saturated heterocycles. The zero-order valence-electron chi connectivity index (χ0n) is 17.9. The Labute approximate surface area is 211 Å². The first-order valence-corrected chi connectivity index (χ1v) is 12.2. The van der Waals surface area contributed by atoms with E-state index in [9.17, 15) is 9.59 Å². The van der Waals surface area contributed by atoms with Crippen LogP contribution in [0.4, 0.5) is 5.69 Å². The molecule has 3 aromatic carbocycles. The Morgan fingerprint density at radius 2 is 1.68 bits per heavy atom. The molecule has 0 aliphatic heterocycles. The van der Waals surface area contributed by atoms with E-state index in [4.69, 9.17) is 23.2 Å². The second-order valence-electron chi connectivity index (χ2n) is 7.35. The van der Waals surface area contributed by atoms with Crippen LogP contribution >= 0.6 is 35.0 Å². The van der Waals surface area contributed by atoms with E-state index >= 15 is 0 Å². The van der Waals surface area contributed by atoms with Crippen molar-refractivity contribution < 1.29 is 9.59 Å². The van der Waals surface area contributed by atoms with Gasteiger partial charge in [-0.1, -0.05) is 83.5 Å². The predicted octanol–water partition coefficient (Wildman–Crippen LogP) is 5.99. The van der Waals surface area contributed by atoms with Gasteiger partial charge in [0.15, 0.2) is 10.9 Å². The maximum atomic E-state index is 12.6. The fraction of sp³-hybridized carbons (Fsp3) is 0.120. The van der Waals surface area contributed by atoms with Crippen molar-refractivity contribution in [2.45, 2.75) is 17.3 Å². The molecule has 2 N–H and O–H groups in total. The van der Waals surface area contributed by atoms with Gasteiger partial charge in [-0.2, -0.15) is 0 Å². The van der Waals surface area contributed by atoms with Crippen LogP contribution in [0.25, 0.3) is 10.8 Å². The molecule has 0 bridgehead atoms. The number of hydrogen-bond donors (Lipinski definition) is 2. The molecule has 34 heavy (non-hydrogen) atoms. The highest BCUT2D eigenvalue weighted by atomic mass is 35.5. The molecular formula is C25H20Cl2N4O2S. The molecule has 0 atom stereocenters. The van der Waals surface area contributed by atoms with Crippen LogP contribution in [-0.2, 0) is 10.5 Å². The molecule has 0 fully saturated rings. The minimum atomic E-state index is -0.467. The first-order valence-electron chi connectivity index (χ1n) is 10.5. The number of halogens is 2. The quantitative estimate of drug-likeness (QED) is 0.224. The van der Waals surface area contributed by atoms with Gasteiger partial charge in [0.2, 0.25) is 5.91 Å². The number of nitrogens with zero attached hydrogens (tertiary/aromatic N) is 2. The van der Waals surface area contributed by atoms with Crippen LogP contribution in [0.2, 0.25) is 10.0 Å². The summed E-state index contributed by atoms with van der Waals surface area (Å²) in [6, 6.07) is 21.1. The molecule has 0 aliphatic carbocycles. The number of benzene rings is 3. The maximum Gasteiger partial charge on any atom is 0.271 e. The van der Waals surface area contributed by atoms with E-state index < -0.39 is 5.91 Å². The lowest BCUT2D eigenvalue weighted by atomic mass is 10.1. The van der Waals surface area contributed by atoms with E-state index in [1.165, 1.54) is 18.0 Å². The number of carbonyl (C=O) groups is 2. The Morgan fingerprint density at radius 3 is 2.50 bits per heavy atom. The molecule has 6 nitrogen and oxygen atoms in total.